The molecule has 0 aliphatic rings. The molecule has 0 heterocycles. The fourth-order valence-electron chi connectivity index (χ4n) is 2.79. The summed E-state index contributed by atoms with van der Waals surface area (Å²) in [5, 5.41) is 12.5. The van der Waals surface area contributed by atoms with E-state index in [1.807, 2.05) is 26.0 Å². The number of hydrogen-bond donors (Lipinski definition) is 2. The van der Waals surface area contributed by atoms with Crippen molar-refractivity contribution in [1.82, 2.24) is 5.32 Å². The third kappa shape index (κ3) is 7.59. The Morgan fingerprint density at radius 1 is 1.17 bits per heavy atom. The van der Waals surface area contributed by atoms with Crippen LogP contribution in [0.2, 0.25) is 0 Å². The van der Waals surface area contributed by atoms with Crippen LogP contribution in [-0.2, 0) is 21.1 Å². The Kier molecular flexibility index (Phi) is 8.75. The lowest BCUT2D eigenvalue weighted by Crippen LogP contribution is -2.32. The van der Waals surface area contributed by atoms with Crippen LogP contribution in [0, 0.1) is 0 Å². The molecular weight excluding hydrogens is 538 g/mol. The maximum absolute atomic E-state index is 11.8. The van der Waals surface area contributed by atoms with Gasteiger partial charge in [-0.05, 0) is 47.2 Å². The Labute approximate surface area is 194 Å². The van der Waals surface area contributed by atoms with E-state index < -0.39 is 9.84 Å². The van der Waals surface area contributed by atoms with Crippen molar-refractivity contribution in [3.05, 3.63) is 56.0 Å². The van der Waals surface area contributed by atoms with Crippen LogP contribution in [0.25, 0.3) is 0 Å². The van der Waals surface area contributed by atoms with E-state index >= 15 is 0 Å². The minimum Gasteiger partial charge on any atom is -0.508 e. The lowest BCUT2D eigenvalue weighted by molar-refractivity contribution is -0.122. The van der Waals surface area contributed by atoms with Gasteiger partial charge in [-0.2, -0.15) is 0 Å². The number of phenols is 1. The van der Waals surface area contributed by atoms with Gasteiger partial charge >= 0.3 is 0 Å². The van der Waals surface area contributed by atoms with Crippen LogP contribution in [0.1, 0.15) is 36.5 Å². The molecule has 2 aromatic carbocycles. The summed E-state index contributed by atoms with van der Waals surface area (Å²) < 4.78 is 29.4. The molecule has 6 nitrogen and oxygen atoms in total. The van der Waals surface area contributed by atoms with Crippen LogP contribution in [0.4, 0.5) is 0 Å². The van der Waals surface area contributed by atoms with E-state index in [0.29, 0.717) is 17.9 Å². The molecule has 0 unspecified atom stereocenters. The number of hydrogen-bond acceptors (Lipinski definition) is 5. The van der Waals surface area contributed by atoms with Crippen molar-refractivity contribution >= 4 is 47.6 Å². The molecule has 9 heteroatoms. The van der Waals surface area contributed by atoms with E-state index in [9.17, 15) is 18.3 Å². The zero-order valence-corrected chi connectivity index (χ0v) is 21.0. The average molecular weight is 563 g/mol. The fourth-order valence-corrected chi connectivity index (χ4v) is 4.69. The molecule has 0 bridgehead atoms. The third-order valence-corrected chi connectivity index (χ3v) is 6.74. The summed E-state index contributed by atoms with van der Waals surface area (Å²) in [4.78, 5) is 11.8. The maximum atomic E-state index is 11.8. The standard InChI is InChI=1S/C21H25Br2NO5S/c1-13(2)16-8-14(4-5-20(16)25)9-17-18(22)10-15(11-19(17)23)29-12-21(26)24-6-7-30(3,27)28/h4-5,8,10-11,13,25H,6-7,9,12H2,1-3H3,(H,24,26). The van der Waals surface area contributed by atoms with Gasteiger partial charge in [-0.15, -0.1) is 0 Å². The molecule has 0 aromatic heterocycles. The fraction of sp³-hybridized carbons (Fsp3) is 0.381. The molecule has 0 aliphatic heterocycles. The predicted molar refractivity (Wildman–Crippen MR) is 125 cm³/mol. The summed E-state index contributed by atoms with van der Waals surface area (Å²) in [6, 6.07) is 9.18. The molecule has 30 heavy (non-hydrogen) atoms. The quantitative estimate of drug-likeness (QED) is 0.478. The third-order valence-electron chi connectivity index (χ3n) is 4.37. The van der Waals surface area contributed by atoms with E-state index in [0.717, 1.165) is 31.9 Å². The number of amides is 1. The van der Waals surface area contributed by atoms with Crippen LogP contribution in [0.15, 0.2) is 39.3 Å². The minimum absolute atomic E-state index is 0.0539. The van der Waals surface area contributed by atoms with Crippen molar-refractivity contribution in [1.29, 1.82) is 0 Å². The lowest BCUT2D eigenvalue weighted by atomic mass is 9.96. The van der Waals surface area contributed by atoms with Gasteiger partial charge in [0.1, 0.15) is 21.3 Å². The van der Waals surface area contributed by atoms with E-state index in [2.05, 4.69) is 37.2 Å². The SMILES string of the molecule is CC(C)c1cc(Cc2c(Br)cc(OCC(=O)NCCS(C)(=O)=O)cc2Br)ccc1O. The highest BCUT2D eigenvalue weighted by Gasteiger charge is 2.13. The van der Waals surface area contributed by atoms with Gasteiger partial charge in [0.25, 0.3) is 5.91 Å². The number of phenolic OH excluding ortho intramolecular Hbond substituents is 1. The number of halogens is 2. The summed E-state index contributed by atoms with van der Waals surface area (Å²) in [6.45, 7) is 3.91. The maximum Gasteiger partial charge on any atom is 0.257 e. The van der Waals surface area contributed by atoms with E-state index in [4.69, 9.17) is 4.74 Å². The molecule has 164 valence electrons. The van der Waals surface area contributed by atoms with Crippen LogP contribution in [0.5, 0.6) is 11.5 Å². The number of sulfone groups is 1. The van der Waals surface area contributed by atoms with Gasteiger partial charge in [-0.1, -0.05) is 57.8 Å². The Hall–Kier alpha value is -1.58. The summed E-state index contributed by atoms with van der Waals surface area (Å²) in [5.41, 5.74) is 2.98. The molecular formula is C21H25Br2NO5S. The zero-order valence-electron chi connectivity index (χ0n) is 17.0. The normalized spacial score (nSPS) is 11.5. The van der Waals surface area contributed by atoms with Crippen molar-refractivity contribution in [2.75, 3.05) is 25.2 Å². The monoisotopic (exact) mass is 561 g/mol. The summed E-state index contributed by atoms with van der Waals surface area (Å²) in [7, 11) is -3.12. The molecule has 0 saturated heterocycles. The van der Waals surface area contributed by atoms with Crippen molar-refractivity contribution in [3.63, 3.8) is 0 Å². The van der Waals surface area contributed by atoms with Crippen LogP contribution in [-0.4, -0.2) is 44.6 Å². The Bertz CT molecular complexity index is 999. The first kappa shape index (κ1) is 24.7. The van der Waals surface area contributed by atoms with Crippen molar-refractivity contribution in [3.8, 4) is 11.5 Å². The first-order valence-corrected chi connectivity index (χ1v) is 13.0. The Balaban J connectivity index is 2.03. The number of benzene rings is 2. The van der Waals surface area contributed by atoms with Crippen LogP contribution < -0.4 is 10.1 Å². The first-order valence-electron chi connectivity index (χ1n) is 9.33. The molecule has 2 rings (SSSR count). The minimum atomic E-state index is -3.12. The van der Waals surface area contributed by atoms with Crippen LogP contribution >= 0.6 is 31.9 Å². The van der Waals surface area contributed by atoms with Gasteiger partial charge in [-0.25, -0.2) is 8.42 Å². The van der Waals surface area contributed by atoms with Crippen molar-refractivity contribution in [2.24, 2.45) is 0 Å². The number of ether oxygens (including phenoxy) is 1. The summed E-state index contributed by atoms with van der Waals surface area (Å²) >= 11 is 7.12. The molecule has 0 fully saturated rings. The van der Waals surface area contributed by atoms with Gasteiger partial charge in [0.2, 0.25) is 0 Å². The van der Waals surface area contributed by atoms with Gasteiger partial charge in [0, 0.05) is 21.7 Å². The number of carbonyl (C=O) groups is 1. The second-order valence-corrected chi connectivity index (χ2v) is 11.3. The van der Waals surface area contributed by atoms with E-state index in [1.54, 1.807) is 18.2 Å². The highest BCUT2D eigenvalue weighted by Crippen LogP contribution is 2.34. The molecule has 0 spiro atoms. The lowest BCUT2D eigenvalue weighted by Gasteiger charge is -2.14. The Morgan fingerprint density at radius 2 is 1.80 bits per heavy atom. The van der Waals surface area contributed by atoms with Gasteiger partial charge < -0.3 is 15.2 Å². The van der Waals surface area contributed by atoms with Gasteiger partial charge in [0.05, 0.1) is 5.75 Å². The summed E-state index contributed by atoms with van der Waals surface area (Å²) in [5.74, 6) is 0.520. The highest BCUT2D eigenvalue weighted by molar-refractivity contribution is 9.11. The predicted octanol–water partition coefficient (Wildman–Crippen LogP) is 4.17. The molecule has 2 aromatic rings. The number of rotatable bonds is 9. The number of nitrogens with one attached hydrogen (secondary N) is 1. The number of carbonyl (C=O) groups excluding carboxylic acids is 1. The molecule has 0 aliphatic carbocycles. The molecule has 2 N–H and O–H groups in total. The Morgan fingerprint density at radius 3 is 2.37 bits per heavy atom. The molecule has 1 amide bonds. The first-order chi connectivity index (χ1) is 14.0. The summed E-state index contributed by atoms with van der Waals surface area (Å²) in [6.07, 6.45) is 1.77. The highest BCUT2D eigenvalue weighted by atomic mass is 79.9. The van der Waals surface area contributed by atoms with Gasteiger partial charge in [0.15, 0.2) is 6.61 Å². The smallest absolute Gasteiger partial charge is 0.257 e. The molecule has 0 saturated carbocycles. The molecule has 0 atom stereocenters. The van der Waals surface area contributed by atoms with Gasteiger partial charge in [-0.3, -0.25) is 4.79 Å². The zero-order chi connectivity index (χ0) is 22.5. The largest absolute Gasteiger partial charge is 0.508 e. The number of aromatic hydroxyl groups is 1. The second kappa shape index (κ2) is 10.6. The van der Waals surface area contributed by atoms with E-state index in [1.165, 1.54) is 0 Å². The molecule has 0 radical (unpaired) electrons. The van der Waals surface area contributed by atoms with Crippen molar-refractivity contribution < 1.29 is 23.1 Å². The topological polar surface area (TPSA) is 92.7 Å². The van der Waals surface area contributed by atoms with Crippen LogP contribution in [0.3, 0.4) is 0 Å². The average Bonchev–Trinajstić information content (AvgIpc) is 2.63. The van der Waals surface area contributed by atoms with Crippen molar-refractivity contribution in [2.45, 2.75) is 26.2 Å². The second-order valence-electron chi connectivity index (χ2n) is 7.36. The van der Waals surface area contributed by atoms with E-state index in [-0.39, 0.29) is 30.7 Å².